The lowest BCUT2D eigenvalue weighted by Crippen LogP contribution is -2.67. The average molecular weight is 644 g/mol. The molecule has 2 fully saturated rings. The Bertz CT molecular complexity index is 1720. The molecule has 228 valence electrons. The molecule has 9 heteroatoms. The van der Waals surface area contributed by atoms with E-state index in [2.05, 4.69) is 115 Å². The molecular weight excluding hydrogens is 606 g/mol. The van der Waals surface area contributed by atoms with Crippen LogP contribution in [0.1, 0.15) is 47.1 Å². The van der Waals surface area contributed by atoms with Crippen LogP contribution in [0.5, 0.6) is 0 Å². The highest BCUT2D eigenvalue weighted by Crippen LogP contribution is 2.49. The molecule has 0 N–H and O–H groups in total. The van der Waals surface area contributed by atoms with Crippen molar-refractivity contribution in [1.29, 1.82) is 0 Å². The van der Waals surface area contributed by atoms with Gasteiger partial charge >= 0.3 is 0 Å². The van der Waals surface area contributed by atoms with Crippen molar-refractivity contribution in [3.8, 4) is 10.4 Å². The Labute approximate surface area is 269 Å². The molecule has 1 saturated carbocycles. The van der Waals surface area contributed by atoms with Gasteiger partial charge in [-0.15, -0.1) is 11.3 Å². The summed E-state index contributed by atoms with van der Waals surface area (Å²) in [5.74, 6) is -0.580. The monoisotopic (exact) mass is 643 g/mol. The maximum atomic E-state index is 7.43. The molecule has 0 radical (unpaired) electrons. The minimum absolute atomic E-state index is 0.00305. The third-order valence-electron chi connectivity index (χ3n) is 9.17. The number of benzene rings is 2. The Hall–Kier alpha value is -2.85. The van der Waals surface area contributed by atoms with Crippen molar-refractivity contribution in [3.63, 3.8) is 0 Å². The fraction of sp³-hybridized carbons (Fsp3) is 0.371. The van der Waals surface area contributed by atoms with Gasteiger partial charge in [-0.3, -0.25) is 0 Å². The summed E-state index contributed by atoms with van der Waals surface area (Å²) in [5, 5.41) is 5.75. The van der Waals surface area contributed by atoms with Crippen molar-refractivity contribution in [2.75, 3.05) is 6.61 Å². The van der Waals surface area contributed by atoms with Crippen LogP contribution in [-0.2, 0) is 13.9 Å². The predicted molar refractivity (Wildman–Crippen MR) is 180 cm³/mol. The van der Waals surface area contributed by atoms with Crippen molar-refractivity contribution < 1.29 is 13.9 Å². The molecule has 3 aromatic heterocycles. The van der Waals surface area contributed by atoms with Crippen LogP contribution < -0.4 is 10.4 Å². The zero-order chi connectivity index (χ0) is 30.7. The minimum atomic E-state index is -2.72. The first-order valence-electron chi connectivity index (χ1n) is 15.2. The van der Waals surface area contributed by atoms with E-state index in [-0.39, 0.29) is 34.5 Å². The quantitative estimate of drug-likeness (QED) is 0.136. The molecule has 7 rings (SSSR count). The maximum absolute atomic E-state index is 7.43. The first-order chi connectivity index (χ1) is 21.1. The summed E-state index contributed by atoms with van der Waals surface area (Å²) in [6.45, 7) is 11.5. The summed E-state index contributed by atoms with van der Waals surface area (Å²) < 4.78 is 23.0. The molecule has 1 saturated heterocycles. The summed E-state index contributed by atoms with van der Waals surface area (Å²) in [5.41, 5.74) is 1.92. The van der Waals surface area contributed by atoms with E-state index in [1.807, 2.05) is 20.0 Å². The highest BCUT2D eigenvalue weighted by atomic mass is 35.5. The third-order valence-corrected chi connectivity index (χ3v) is 15.3. The van der Waals surface area contributed by atoms with E-state index >= 15 is 0 Å². The average Bonchev–Trinajstić information content (AvgIpc) is 3.77. The lowest BCUT2D eigenvalue weighted by atomic mass is 10.1. The summed E-state index contributed by atoms with van der Waals surface area (Å²) in [4.78, 5) is 10.2. The topological polar surface area (TPSA) is 58.4 Å². The molecule has 5 aromatic rings. The standard InChI is InChI=1S/C35H38ClN3O3SSi/c1-34(2,3)44(24-13-8-6-9-14-24,25-15-10-7-11-16-25)40-22-23-19-28(31-30(23)41-35(4,5)42-31)39-21-27(29-17-12-18-43-29)26-20-37-33(36)38-32(26)39/h6-18,20-21,23,28,30-31H,19,22H2,1-5H3/t23-,28-,30-,31+/m1/s1. The van der Waals surface area contributed by atoms with E-state index in [0.29, 0.717) is 6.61 Å². The summed E-state index contributed by atoms with van der Waals surface area (Å²) in [6, 6.07) is 25.8. The van der Waals surface area contributed by atoms with E-state index in [1.54, 1.807) is 11.3 Å². The summed E-state index contributed by atoms with van der Waals surface area (Å²) >= 11 is 8.08. The number of rotatable bonds is 7. The van der Waals surface area contributed by atoms with Gasteiger partial charge in [-0.05, 0) is 58.7 Å². The fourth-order valence-electron chi connectivity index (χ4n) is 7.38. The number of thiophene rings is 1. The highest BCUT2D eigenvalue weighted by molar-refractivity contribution is 7.13. The Morgan fingerprint density at radius 3 is 2.25 bits per heavy atom. The first-order valence-corrected chi connectivity index (χ1v) is 18.4. The minimum Gasteiger partial charge on any atom is -0.407 e. The zero-order valence-corrected chi connectivity index (χ0v) is 28.3. The van der Waals surface area contributed by atoms with Gasteiger partial charge in [0.15, 0.2) is 5.79 Å². The molecule has 44 heavy (non-hydrogen) atoms. The number of aromatic nitrogens is 3. The molecule has 4 atom stereocenters. The Morgan fingerprint density at radius 2 is 1.64 bits per heavy atom. The van der Waals surface area contributed by atoms with Gasteiger partial charge in [-0.25, -0.2) is 4.98 Å². The number of halogens is 1. The second kappa shape index (κ2) is 11.2. The second-order valence-electron chi connectivity index (χ2n) is 13.4. The van der Waals surface area contributed by atoms with Crippen LogP contribution in [-0.4, -0.2) is 47.5 Å². The van der Waals surface area contributed by atoms with Crippen molar-refractivity contribution >= 4 is 52.7 Å². The van der Waals surface area contributed by atoms with Gasteiger partial charge in [0.25, 0.3) is 8.32 Å². The number of nitrogens with zero attached hydrogens (tertiary/aromatic N) is 3. The van der Waals surface area contributed by atoms with Crippen LogP contribution in [0.2, 0.25) is 10.3 Å². The van der Waals surface area contributed by atoms with Crippen LogP contribution in [0.4, 0.5) is 0 Å². The van der Waals surface area contributed by atoms with Crippen molar-refractivity contribution in [2.45, 2.75) is 70.1 Å². The second-order valence-corrected chi connectivity index (χ2v) is 19.0. The molecular formula is C35H38ClN3O3SSi. The molecule has 0 unspecified atom stereocenters. The Balaban J connectivity index is 1.29. The van der Waals surface area contributed by atoms with Crippen LogP contribution in [0.15, 0.2) is 90.6 Å². The fourth-order valence-corrected chi connectivity index (χ4v) is 12.9. The van der Waals surface area contributed by atoms with Gasteiger partial charge < -0.3 is 18.5 Å². The highest BCUT2D eigenvalue weighted by Gasteiger charge is 2.57. The van der Waals surface area contributed by atoms with Crippen LogP contribution in [0.3, 0.4) is 0 Å². The molecule has 1 aliphatic heterocycles. The van der Waals surface area contributed by atoms with E-state index in [1.165, 1.54) is 15.3 Å². The van der Waals surface area contributed by atoms with Crippen molar-refractivity contribution in [1.82, 2.24) is 14.5 Å². The first kappa shape index (κ1) is 29.8. The number of hydrogen-bond acceptors (Lipinski definition) is 6. The summed E-state index contributed by atoms with van der Waals surface area (Å²) in [6.07, 6.45) is 4.59. The van der Waals surface area contributed by atoms with E-state index < -0.39 is 14.1 Å². The molecule has 2 aliphatic rings. The molecule has 6 nitrogen and oxygen atoms in total. The van der Waals surface area contributed by atoms with Gasteiger partial charge in [0, 0.05) is 40.7 Å². The smallest absolute Gasteiger partial charge is 0.261 e. The number of ether oxygens (including phenoxy) is 2. The van der Waals surface area contributed by atoms with Crippen molar-refractivity contribution in [3.05, 3.63) is 95.9 Å². The lowest BCUT2D eigenvalue weighted by Gasteiger charge is -2.43. The van der Waals surface area contributed by atoms with Crippen molar-refractivity contribution in [2.24, 2.45) is 5.92 Å². The Morgan fingerprint density at radius 1 is 0.977 bits per heavy atom. The van der Waals surface area contributed by atoms with Gasteiger partial charge in [0.2, 0.25) is 5.28 Å². The lowest BCUT2D eigenvalue weighted by molar-refractivity contribution is -0.161. The number of hydrogen-bond donors (Lipinski definition) is 0. The zero-order valence-electron chi connectivity index (χ0n) is 25.7. The predicted octanol–water partition coefficient (Wildman–Crippen LogP) is 7.47. The molecule has 4 heterocycles. The van der Waals surface area contributed by atoms with E-state index in [9.17, 15) is 0 Å². The van der Waals surface area contributed by atoms with Crippen LogP contribution >= 0.6 is 22.9 Å². The van der Waals surface area contributed by atoms with Gasteiger partial charge in [-0.1, -0.05) is 87.5 Å². The SMILES string of the molecule is CC1(C)O[C@@H]2[C@@H](CO[Si](c3ccccc3)(c3ccccc3)C(C)(C)C)C[C@@H](n3cc(-c4cccs4)c4cnc(Cl)nc43)[C@@H]2O1. The van der Waals surface area contributed by atoms with E-state index in [4.69, 9.17) is 30.5 Å². The summed E-state index contributed by atoms with van der Waals surface area (Å²) in [7, 11) is -2.72. The number of fused-ring (bicyclic) bond motifs is 2. The maximum Gasteiger partial charge on any atom is 0.261 e. The van der Waals surface area contributed by atoms with Crippen LogP contribution in [0.25, 0.3) is 21.5 Å². The van der Waals surface area contributed by atoms with Gasteiger partial charge in [-0.2, -0.15) is 4.98 Å². The van der Waals surface area contributed by atoms with Crippen LogP contribution in [0, 0.1) is 5.92 Å². The van der Waals surface area contributed by atoms with Gasteiger partial charge in [0.05, 0.1) is 12.1 Å². The molecule has 1 aliphatic carbocycles. The normalized spacial score (nSPS) is 23.3. The molecule has 2 aromatic carbocycles. The van der Waals surface area contributed by atoms with Gasteiger partial charge in [0.1, 0.15) is 11.8 Å². The Kier molecular flexibility index (Phi) is 7.59. The third kappa shape index (κ3) is 5.06. The molecule has 0 bridgehead atoms. The molecule has 0 spiro atoms. The molecule has 0 amide bonds. The largest absolute Gasteiger partial charge is 0.407 e. The van der Waals surface area contributed by atoms with E-state index in [0.717, 1.165) is 23.0 Å².